The van der Waals surface area contributed by atoms with Crippen LogP contribution in [0.2, 0.25) is 0 Å². The largest absolute Gasteiger partial charge is 0.390 e. The van der Waals surface area contributed by atoms with Crippen LogP contribution in [0.3, 0.4) is 0 Å². The van der Waals surface area contributed by atoms with Gasteiger partial charge in [-0.3, -0.25) is 4.68 Å². The Morgan fingerprint density at radius 3 is 2.67 bits per heavy atom. The molecule has 1 heterocycles. The zero-order valence-electron chi connectivity index (χ0n) is 11.0. The molecule has 0 saturated heterocycles. The molecular weight excluding hydrogens is 226 g/mol. The van der Waals surface area contributed by atoms with Gasteiger partial charge in [0.2, 0.25) is 0 Å². The Kier molecular flexibility index (Phi) is 3.13. The number of aromatic nitrogens is 2. The van der Waals surface area contributed by atoms with E-state index in [1.165, 1.54) is 0 Å². The van der Waals surface area contributed by atoms with Gasteiger partial charge in [-0.15, -0.1) is 0 Å². The Balaban J connectivity index is 2.36. The highest BCUT2D eigenvalue weighted by Gasteiger charge is 2.14. The lowest BCUT2D eigenvalue weighted by Gasteiger charge is -2.17. The van der Waals surface area contributed by atoms with E-state index in [-0.39, 0.29) is 0 Å². The van der Waals surface area contributed by atoms with Gasteiger partial charge in [-0.25, -0.2) is 0 Å². The predicted octanol–water partition coefficient (Wildman–Crippen LogP) is 1.98. The van der Waals surface area contributed by atoms with E-state index in [4.69, 9.17) is 5.73 Å². The van der Waals surface area contributed by atoms with Crippen LogP contribution in [0.4, 0.5) is 5.82 Å². The Hall–Kier alpha value is -1.81. The molecule has 0 atom stereocenters. The number of nitrogens with two attached hydrogens (primary N) is 1. The van der Waals surface area contributed by atoms with Crippen molar-refractivity contribution in [2.75, 3.05) is 5.73 Å². The first-order valence-electron chi connectivity index (χ1n) is 5.96. The first-order valence-corrected chi connectivity index (χ1v) is 5.96. The van der Waals surface area contributed by atoms with Crippen molar-refractivity contribution in [3.05, 3.63) is 36.0 Å². The second-order valence-corrected chi connectivity index (χ2v) is 5.26. The molecule has 1 aromatic carbocycles. The number of nitrogen functional groups attached to an aromatic ring is 1. The quantitative estimate of drug-likeness (QED) is 0.869. The number of rotatable bonds is 3. The van der Waals surface area contributed by atoms with Gasteiger partial charge in [-0.2, -0.15) is 5.10 Å². The Bertz CT molecular complexity index is 552. The fraction of sp³-hybridized carbons (Fsp3) is 0.357. The summed E-state index contributed by atoms with van der Waals surface area (Å²) >= 11 is 0. The molecule has 4 nitrogen and oxygen atoms in total. The third kappa shape index (κ3) is 2.71. The van der Waals surface area contributed by atoms with E-state index in [0.717, 1.165) is 16.7 Å². The molecule has 96 valence electrons. The fourth-order valence-electron chi connectivity index (χ4n) is 2.02. The van der Waals surface area contributed by atoms with E-state index in [9.17, 15) is 5.11 Å². The second-order valence-electron chi connectivity index (χ2n) is 5.26. The third-order valence-electron chi connectivity index (χ3n) is 2.86. The van der Waals surface area contributed by atoms with Gasteiger partial charge in [-0.1, -0.05) is 24.3 Å². The number of hydrogen-bond acceptors (Lipinski definition) is 3. The molecule has 0 amide bonds. The Morgan fingerprint density at radius 1 is 1.39 bits per heavy atom. The number of aliphatic hydroxyl groups is 1. The van der Waals surface area contributed by atoms with Gasteiger partial charge >= 0.3 is 0 Å². The highest BCUT2D eigenvalue weighted by atomic mass is 16.3. The molecule has 0 saturated carbocycles. The van der Waals surface area contributed by atoms with Gasteiger partial charge in [0.05, 0.1) is 11.8 Å². The highest BCUT2D eigenvalue weighted by Crippen LogP contribution is 2.26. The fourth-order valence-corrected chi connectivity index (χ4v) is 2.02. The van der Waals surface area contributed by atoms with Gasteiger partial charge in [0, 0.05) is 19.0 Å². The van der Waals surface area contributed by atoms with Crippen LogP contribution in [0.1, 0.15) is 19.4 Å². The summed E-state index contributed by atoms with van der Waals surface area (Å²) in [5.74, 6) is 0.649. The molecule has 0 unspecified atom stereocenters. The lowest BCUT2D eigenvalue weighted by Crippen LogP contribution is -2.21. The summed E-state index contributed by atoms with van der Waals surface area (Å²) in [4.78, 5) is 0. The maximum atomic E-state index is 9.85. The van der Waals surface area contributed by atoms with Crippen LogP contribution in [-0.4, -0.2) is 20.5 Å². The average Bonchev–Trinajstić information content (AvgIpc) is 2.58. The van der Waals surface area contributed by atoms with E-state index in [1.54, 1.807) is 24.7 Å². The smallest absolute Gasteiger partial charge is 0.129 e. The Morgan fingerprint density at radius 2 is 2.11 bits per heavy atom. The monoisotopic (exact) mass is 245 g/mol. The molecule has 0 aliphatic heterocycles. The molecule has 1 aromatic heterocycles. The molecule has 0 bridgehead atoms. The van der Waals surface area contributed by atoms with Crippen molar-refractivity contribution in [1.82, 2.24) is 9.78 Å². The van der Waals surface area contributed by atoms with Gasteiger partial charge in [0.25, 0.3) is 0 Å². The summed E-state index contributed by atoms with van der Waals surface area (Å²) in [6.45, 7) is 3.61. The van der Waals surface area contributed by atoms with E-state index in [0.29, 0.717) is 12.2 Å². The molecule has 18 heavy (non-hydrogen) atoms. The normalized spacial score (nSPS) is 11.8. The summed E-state index contributed by atoms with van der Waals surface area (Å²) in [5.41, 5.74) is 8.30. The van der Waals surface area contributed by atoms with E-state index in [1.807, 2.05) is 31.3 Å². The lowest BCUT2D eigenvalue weighted by atomic mass is 9.96. The molecule has 0 aliphatic rings. The topological polar surface area (TPSA) is 64.1 Å². The number of anilines is 1. The minimum atomic E-state index is -0.709. The van der Waals surface area contributed by atoms with Gasteiger partial charge in [0.1, 0.15) is 5.82 Å². The number of benzene rings is 1. The first-order chi connectivity index (χ1) is 8.37. The van der Waals surface area contributed by atoms with Crippen molar-refractivity contribution in [2.45, 2.75) is 25.9 Å². The first kappa shape index (κ1) is 12.6. The molecule has 2 rings (SSSR count). The van der Waals surface area contributed by atoms with Crippen molar-refractivity contribution < 1.29 is 5.11 Å². The van der Waals surface area contributed by atoms with Crippen LogP contribution in [0.15, 0.2) is 30.5 Å². The van der Waals surface area contributed by atoms with E-state index in [2.05, 4.69) is 5.10 Å². The minimum Gasteiger partial charge on any atom is -0.390 e. The molecule has 2 aromatic rings. The lowest BCUT2D eigenvalue weighted by molar-refractivity contribution is 0.0810. The van der Waals surface area contributed by atoms with Crippen molar-refractivity contribution in [3.63, 3.8) is 0 Å². The molecule has 4 heteroatoms. The summed E-state index contributed by atoms with van der Waals surface area (Å²) in [5, 5.41) is 14.0. The van der Waals surface area contributed by atoms with E-state index < -0.39 is 5.60 Å². The predicted molar refractivity (Wildman–Crippen MR) is 73.1 cm³/mol. The Labute approximate surface area is 107 Å². The van der Waals surface area contributed by atoms with Crippen molar-refractivity contribution in [2.24, 2.45) is 7.05 Å². The van der Waals surface area contributed by atoms with E-state index >= 15 is 0 Å². The molecule has 0 fully saturated rings. The van der Waals surface area contributed by atoms with Crippen LogP contribution in [0.5, 0.6) is 0 Å². The number of hydrogen-bond donors (Lipinski definition) is 2. The van der Waals surface area contributed by atoms with Crippen LogP contribution < -0.4 is 5.73 Å². The zero-order chi connectivity index (χ0) is 13.3. The molecule has 0 radical (unpaired) electrons. The van der Waals surface area contributed by atoms with Crippen LogP contribution in [0, 0.1) is 0 Å². The van der Waals surface area contributed by atoms with Crippen LogP contribution in [0.25, 0.3) is 11.1 Å². The maximum Gasteiger partial charge on any atom is 0.129 e. The summed E-state index contributed by atoms with van der Waals surface area (Å²) in [7, 11) is 1.82. The number of aryl methyl sites for hydroxylation is 1. The molecule has 3 N–H and O–H groups in total. The highest BCUT2D eigenvalue weighted by molar-refractivity contribution is 5.73. The third-order valence-corrected chi connectivity index (χ3v) is 2.86. The molecule has 0 aliphatic carbocycles. The van der Waals surface area contributed by atoms with Gasteiger partial charge in [0.15, 0.2) is 0 Å². The van der Waals surface area contributed by atoms with Gasteiger partial charge in [-0.05, 0) is 25.0 Å². The second kappa shape index (κ2) is 4.46. The van der Waals surface area contributed by atoms with Crippen molar-refractivity contribution >= 4 is 5.82 Å². The average molecular weight is 245 g/mol. The molecular formula is C14H19N3O. The molecule has 0 spiro atoms. The standard InChI is InChI=1S/C14H19N3O/c1-14(2,18)8-10-5-4-6-11(7-10)12-9-16-17(3)13(12)15/h4-7,9,18H,8,15H2,1-3H3. The zero-order valence-corrected chi connectivity index (χ0v) is 11.0. The summed E-state index contributed by atoms with van der Waals surface area (Å²) in [6.07, 6.45) is 2.37. The van der Waals surface area contributed by atoms with Crippen molar-refractivity contribution in [3.8, 4) is 11.1 Å². The van der Waals surface area contributed by atoms with Crippen LogP contribution in [-0.2, 0) is 13.5 Å². The summed E-state index contributed by atoms with van der Waals surface area (Å²) < 4.78 is 1.65. The minimum absolute atomic E-state index is 0.612. The SMILES string of the molecule is Cn1ncc(-c2cccc(CC(C)(C)O)c2)c1N. The van der Waals surface area contributed by atoms with Crippen molar-refractivity contribution in [1.29, 1.82) is 0 Å². The number of nitrogens with zero attached hydrogens (tertiary/aromatic N) is 2. The van der Waals surface area contributed by atoms with Crippen LogP contribution >= 0.6 is 0 Å². The maximum absolute atomic E-state index is 9.85. The summed E-state index contributed by atoms with van der Waals surface area (Å²) in [6, 6.07) is 8.03. The van der Waals surface area contributed by atoms with Gasteiger partial charge < -0.3 is 10.8 Å².